The molecule has 0 saturated carbocycles. The number of unbranched alkanes of at least 4 members (excludes halogenated alkanes) is 1. The van der Waals surface area contributed by atoms with Gasteiger partial charge in [0.1, 0.15) is 5.75 Å². The molecule has 4 rings (SSSR count). The van der Waals surface area contributed by atoms with E-state index in [-0.39, 0.29) is 0 Å². The Kier molecular flexibility index (Phi) is 5.00. The summed E-state index contributed by atoms with van der Waals surface area (Å²) in [4.78, 5) is 2.57. The van der Waals surface area contributed by atoms with E-state index in [0.717, 1.165) is 45.6 Å². The molecule has 0 spiro atoms. The predicted octanol–water partition coefficient (Wildman–Crippen LogP) is 3.47. The minimum atomic E-state index is 0.417. The molecule has 0 amide bonds. The number of aryl methyl sites for hydroxylation is 1. The molecule has 1 fully saturated rings. The molecule has 1 saturated heterocycles. The molecule has 136 valence electrons. The zero-order valence-electron chi connectivity index (χ0n) is 15.4. The monoisotopic (exact) mass is 341 g/mol. The average Bonchev–Trinajstić information content (AvgIpc) is 3.00. The number of rotatable bonds is 6. The van der Waals surface area contributed by atoms with E-state index < -0.39 is 0 Å². The van der Waals surface area contributed by atoms with Gasteiger partial charge in [-0.15, -0.1) is 0 Å². The Hall–Kier alpha value is -1.52. The van der Waals surface area contributed by atoms with Gasteiger partial charge in [0, 0.05) is 56.3 Å². The van der Waals surface area contributed by atoms with Crippen molar-refractivity contribution in [3.05, 3.63) is 29.5 Å². The molecule has 1 aromatic heterocycles. The highest BCUT2D eigenvalue weighted by Crippen LogP contribution is 2.38. The van der Waals surface area contributed by atoms with E-state index in [1.54, 1.807) is 0 Å². The molecular weight excluding hydrogens is 310 g/mol. The third kappa shape index (κ3) is 3.42. The van der Waals surface area contributed by atoms with Crippen LogP contribution in [0.2, 0.25) is 0 Å². The van der Waals surface area contributed by atoms with Crippen LogP contribution in [-0.4, -0.2) is 47.3 Å². The molecule has 4 heteroatoms. The van der Waals surface area contributed by atoms with Crippen molar-refractivity contribution in [1.82, 2.24) is 14.8 Å². The number of phenols is 1. The smallest absolute Gasteiger partial charge is 0.116 e. The van der Waals surface area contributed by atoms with E-state index in [2.05, 4.69) is 27.8 Å². The Morgan fingerprint density at radius 3 is 2.84 bits per heavy atom. The Bertz CT molecular complexity index is 730. The summed E-state index contributed by atoms with van der Waals surface area (Å²) in [5.74, 6) is 0.417. The van der Waals surface area contributed by atoms with Crippen molar-refractivity contribution in [1.29, 1.82) is 0 Å². The van der Waals surface area contributed by atoms with Crippen LogP contribution in [0.3, 0.4) is 0 Å². The number of phenolic OH excluding ortho intramolecular Hbond substituents is 1. The highest BCUT2D eigenvalue weighted by Gasteiger charge is 2.25. The van der Waals surface area contributed by atoms with Crippen LogP contribution in [-0.2, 0) is 12.8 Å². The molecule has 2 aliphatic rings. The SMILES string of the molecule is CCCCC1CCc2cc(O)cc3cc(CCN4CCNCC4)n1c23. The van der Waals surface area contributed by atoms with Crippen molar-refractivity contribution < 1.29 is 5.11 Å². The standard InChI is InChI=1S/C21H31N3O/c1-2-3-4-18-6-5-16-14-20(25)15-17-13-19(24(18)21(16)17)7-10-23-11-8-22-9-12-23/h13-15,18,22,25H,2-12H2,1H3. The summed E-state index contributed by atoms with van der Waals surface area (Å²) in [5.41, 5.74) is 4.18. The number of hydrogen-bond donors (Lipinski definition) is 2. The van der Waals surface area contributed by atoms with Crippen molar-refractivity contribution in [2.75, 3.05) is 32.7 Å². The second-order valence-corrected chi connectivity index (χ2v) is 7.72. The van der Waals surface area contributed by atoms with Crippen LogP contribution in [0.1, 0.15) is 49.9 Å². The molecular formula is C21H31N3O. The van der Waals surface area contributed by atoms with E-state index in [4.69, 9.17) is 0 Å². The number of aromatic nitrogens is 1. The van der Waals surface area contributed by atoms with Crippen LogP contribution >= 0.6 is 0 Å². The quantitative estimate of drug-likeness (QED) is 0.845. The second kappa shape index (κ2) is 7.38. The van der Waals surface area contributed by atoms with Gasteiger partial charge in [-0.2, -0.15) is 0 Å². The summed E-state index contributed by atoms with van der Waals surface area (Å²) in [5, 5.41) is 14.7. The maximum absolute atomic E-state index is 10.1. The van der Waals surface area contributed by atoms with Gasteiger partial charge in [0.2, 0.25) is 0 Å². The lowest BCUT2D eigenvalue weighted by Gasteiger charge is -2.30. The van der Waals surface area contributed by atoms with Gasteiger partial charge in [-0.25, -0.2) is 0 Å². The van der Waals surface area contributed by atoms with Crippen LogP contribution < -0.4 is 5.32 Å². The van der Waals surface area contributed by atoms with Gasteiger partial charge in [-0.05, 0) is 43.0 Å². The zero-order valence-corrected chi connectivity index (χ0v) is 15.4. The van der Waals surface area contributed by atoms with Crippen molar-refractivity contribution in [3.8, 4) is 5.75 Å². The highest BCUT2D eigenvalue weighted by molar-refractivity contribution is 5.86. The highest BCUT2D eigenvalue weighted by atomic mass is 16.3. The Morgan fingerprint density at radius 1 is 1.20 bits per heavy atom. The van der Waals surface area contributed by atoms with Crippen molar-refractivity contribution in [2.24, 2.45) is 0 Å². The minimum Gasteiger partial charge on any atom is -0.508 e. The summed E-state index contributed by atoms with van der Waals surface area (Å²) in [6, 6.07) is 6.90. The number of nitrogens with zero attached hydrogens (tertiary/aromatic N) is 2. The first-order valence-corrected chi connectivity index (χ1v) is 10.0. The van der Waals surface area contributed by atoms with Gasteiger partial charge in [0.15, 0.2) is 0 Å². The molecule has 2 N–H and O–H groups in total. The summed E-state index contributed by atoms with van der Waals surface area (Å²) in [6.45, 7) is 7.96. The molecule has 2 aromatic rings. The van der Waals surface area contributed by atoms with Gasteiger partial charge in [-0.3, -0.25) is 0 Å². The number of benzene rings is 1. The third-order valence-corrected chi connectivity index (χ3v) is 5.97. The van der Waals surface area contributed by atoms with Gasteiger partial charge in [0.05, 0.1) is 5.52 Å². The summed E-state index contributed by atoms with van der Waals surface area (Å²) in [6.07, 6.45) is 7.26. The van der Waals surface area contributed by atoms with Gasteiger partial charge < -0.3 is 19.9 Å². The van der Waals surface area contributed by atoms with E-state index >= 15 is 0 Å². The number of piperazine rings is 1. The van der Waals surface area contributed by atoms with E-state index in [9.17, 15) is 5.11 Å². The third-order valence-electron chi connectivity index (χ3n) is 5.97. The van der Waals surface area contributed by atoms with Crippen molar-refractivity contribution in [2.45, 2.75) is 51.5 Å². The van der Waals surface area contributed by atoms with Crippen molar-refractivity contribution >= 4 is 10.9 Å². The maximum Gasteiger partial charge on any atom is 0.116 e. The zero-order chi connectivity index (χ0) is 17.2. The first kappa shape index (κ1) is 16.9. The fourth-order valence-corrected chi connectivity index (χ4v) is 4.67. The molecule has 1 aromatic carbocycles. The largest absolute Gasteiger partial charge is 0.508 e. The Balaban J connectivity index is 1.64. The van der Waals surface area contributed by atoms with Crippen LogP contribution in [0.25, 0.3) is 10.9 Å². The van der Waals surface area contributed by atoms with Crippen LogP contribution in [0.15, 0.2) is 18.2 Å². The predicted molar refractivity (Wildman–Crippen MR) is 103 cm³/mol. The summed E-state index contributed by atoms with van der Waals surface area (Å²) in [7, 11) is 0. The molecule has 0 radical (unpaired) electrons. The normalized spacial score (nSPS) is 21.1. The van der Waals surface area contributed by atoms with E-state index in [1.807, 2.05) is 12.1 Å². The Morgan fingerprint density at radius 2 is 2.04 bits per heavy atom. The first-order chi connectivity index (χ1) is 12.3. The van der Waals surface area contributed by atoms with Crippen molar-refractivity contribution in [3.63, 3.8) is 0 Å². The summed E-state index contributed by atoms with van der Waals surface area (Å²) < 4.78 is 2.63. The molecule has 1 atom stereocenters. The van der Waals surface area contributed by atoms with Gasteiger partial charge >= 0.3 is 0 Å². The van der Waals surface area contributed by atoms with Crippen LogP contribution in [0.5, 0.6) is 5.75 Å². The fourth-order valence-electron chi connectivity index (χ4n) is 4.67. The molecule has 0 aliphatic carbocycles. The number of hydrogen-bond acceptors (Lipinski definition) is 3. The van der Waals surface area contributed by atoms with E-state index in [1.165, 1.54) is 47.8 Å². The average molecular weight is 341 g/mol. The number of nitrogens with one attached hydrogen (secondary N) is 1. The molecule has 25 heavy (non-hydrogen) atoms. The molecule has 2 aliphatic heterocycles. The van der Waals surface area contributed by atoms with Crippen LogP contribution in [0, 0.1) is 0 Å². The molecule has 0 bridgehead atoms. The Labute approximate surface area is 150 Å². The lowest BCUT2D eigenvalue weighted by molar-refractivity contribution is 0.241. The maximum atomic E-state index is 10.1. The lowest BCUT2D eigenvalue weighted by atomic mass is 9.95. The minimum absolute atomic E-state index is 0.417. The molecule has 3 heterocycles. The summed E-state index contributed by atoms with van der Waals surface area (Å²) >= 11 is 0. The fraction of sp³-hybridized carbons (Fsp3) is 0.619. The number of aromatic hydroxyl groups is 1. The first-order valence-electron chi connectivity index (χ1n) is 10.0. The van der Waals surface area contributed by atoms with Gasteiger partial charge in [-0.1, -0.05) is 19.8 Å². The molecule has 1 unspecified atom stereocenters. The second-order valence-electron chi connectivity index (χ2n) is 7.72. The van der Waals surface area contributed by atoms with Gasteiger partial charge in [0.25, 0.3) is 0 Å². The van der Waals surface area contributed by atoms with Crippen LogP contribution in [0.4, 0.5) is 0 Å². The van der Waals surface area contributed by atoms with E-state index in [0.29, 0.717) is 11.8 Å². The topological polar surface area (TPSA) is 40.4 Å². The lowest BCUT2D eigenvalue weighted by Crippen LogP contribution is -2.44. The molecule has 4 nitrogen and oxygen atoms in total.